The Bertz CT molecular complexity index is 466. The molecule has 0 atom stereocenters. The molecule has 0 aliphatic carbocycles. The van der Waals surface area contributed by atoms with Gasteiger partial charge in [0.15, 0.2) is 11.6 Å². The molecule has 0 radical (unpaired) electrons. The topological polar surface area (TPSA) is 24.9 Å². The number of benzene rings is 1. The summed E-state index contributed by atoms with van der Waals surface area (Å²) in [6.07, 6.45) is 0. The van der Waals surface area contributed by atoms with E-state index in [1.807, 2.05) is 0 Å². The highest BCUT2D eigenvalue weighted by molar-refractivity contribution is 5.52. The van der Waals surface area contributed by atoms with Crippen LogP contribution in [0.15, 0.2) is 12.1 Å². The number of rotatable bonds is 6. The van der Waals surface area contributed by atoms with Gasteiger partial charge >= 0.3 is 0 Å². The molecule has 1 aromatic carbocycles. The van der Waals surface area contributed by atoms with Crippen LogP contribution in [0.3, 0.4) is 0 Å². The smallest absolute Gasteiger partial charge is 0.153 e. The molecule has 22 heavy (non-hydrogen) atoms. The maximum Gasteiger partial charge on any atom is 0.153 e. The van der Waals surface area contributed by atoms with Crippen LogP contribution < -0.4 is 9.64 Å². The summed E-state index contributed by atoms with van der Waals surface area (Å²) < 4.78 is 38.6. The van der Waals surface area contributed by atoms with Gasteiger partial charge < -0.3 is 14.4 Å². The fourth-order valence-corrected chi connectivity index (χ4v) is 2.63. The second kappa shape index (κ2) is 7.74. The van der Waals surface area contributed by atoms with Crippen LogP contribution in [0.2, 0.25) is 0 Å². The van der Waals surface area contributed by atoms with Crippen LogP contribution in [0, 0.1) is 11.6 Å². The fraction of sp³-hybridized carbons (Fsp3) is 0.625. The molecule has 0 saturated carbocycles. The number of piperazine rings is 1. The van der Waals surface area contributed by atoms with E-state index < -0.39 is 11.6 Å². The average molecular weight is 314 g/mol. The quantitative estimate of drug-likeness (QED) is 0.753. The Labute approximate surface area is 130 Å². The molecule has 1 heterocycles. The Hall–Kier alpha value is -1.40. The summed E-state index contributed by atoms with van der Waals surface area (Å²) in [4.78, 5) is 4.07. The largest absolute Gasteiger partial charge is 0.491 e. The summed E-state index contributed by atoms with van der Waals surface area (Å²) in [6.45, 7) is 7.76. The van der Waals surface area contributed by atoms with E-state index in [9.17, 15) is 8.78 Å². The molecule has 1 aromatic rings. The lowest BCUT2D eigenvalue weighted by Crippen LogP contribution is -2.49. The molecule has 1 saturated heterocycles. The van der Waals surface area contributed by atoms with Gasteiger partial charge in [0, 0.05) is 51.5 Å². The molecule has 0 aromatic heterocycles. The molecule has 1 aliphatic heterocycles. The van der Waals surface area contributed by atoms with Crippen molar-refractivity contribution in [1.82, 2.24) is 4.90 Å². The summed E-state index contributed by atoms with van der Waals surface area (Å²) in [6, 6.07) is 2.93. The van der Waals surface area contributed by atoms with Gasteiger partial charge in [-0.2, -0.15) is 0 Å². The van der Waals surface area contributed by atoms with Crippen molar-refractivity contribution in [2.75, 3.05) is 51.4 Å². The molecule has 0 bridgehead atoms. The molecule has 0 spiro atoms. The zero-order chi connectivity index (χ0) is 16.1. The van der Waals surface area contributed by atoms with Gasteiger partial charge in [-0.05, 0) is 13.8 Å². The first-order chi connectivity index (χ1) is 10.5. The van der Waals surface area contributed by atoms with E-state index >= 15 is 0 Å². The highest BCUT2D eigenvalue weighted by atomic mass is 19.1. The van der Waals surface area contributed by atoms with Crippen LogP contribution in [-0.2, 0) is 4.74 Å². The number of anilines is 1. The number of ether oxygens (including phenoxy) is 2. The van der Waals surface area contributed by atoms with Crippen LogP contribution >= 0.6 is 0 Å². The van der Waals surface area contributed by atoms with Gasteiger partial charge in [-0.3, -0.25) is 4.90 Å². The molecule has 0 unspecified atom stereocenters. The number of hydrogen-bond acceptors (Lipinski definition) is 4. The van der Waals surface area contributed by atoms with Crippen molar-refractivity contribution < 1.29 is 18.3 Å². The number of methoxy groups -OCH3 is 1. The zero-order valence-corrected chi connectivity index (χ0v) is 13.4. The third kappa shape index (κ3) is 4.08. The standard InChI is InChI=1S/C16H24F2N2O2/c1-12(2)19-4-6-20(7-5-19)16-14(17)10-13(11-15(16)18)22-9-8-21-3/h10-12H,4-9H2,1-3H3. The number of hydrogen-bond donors (Lipinski definition) is 0. The van der Waals surface area contributed by atoms with Crippen LogP contribution in [0.5, 0.6) is 5.75 Å². The SMILES string of the molecule is COCCOc1cc(F)c(N2CCN(C(C)C)CC2)c(F)c1. The maximum absolute atomic E-state index is 14.3. The van der Waals surface area contributed by atoms with Crippen LogP contribution in [-0.4, -0.2) is 57.4 Å². The minimum atomic E-state index is -0.578. The minimum absolute atomic E-state index is 0.0440. The number of nitrogens with zero attached hydrogens (tertiary/aromatic N) is 2. The minimum Gasteiger partial charge on any atom is -0.491 e. The first-order valence-corrected chi connectivity index (χ1v) is 7.62. The van der Waals surface area contributed by atoms with Crippen molar-refractivity contribution in [2.45, 2.75) is 19.9 Å². The third-order valence-electron chi connectivity index (χ3n) is 3.91. The Morgan fingerprint density at radius 1 is 1.05 bits per heavy atom. The average Bonchev–Trinajstić information content (AvgIpc) is 2.47. The van der Waals surface area contributed by atoms with Gasteiger partial charge in [0.05, 0.1) is 6.61 Å². The Kier molecular flexibility index (Phi) is 5.97. The van der Waals surface area contributed by atoms with E-state index in [0.29, 0.717) is 25.7 Å². The summed E-state index contributed by atoms with van der Waals surface area (Å²) >= 11 is 0. The third-order valence-corrected chi connectivity index (χ3v) is 3.91. The number of halogens is 2. The lowest BCUT2D eigenvalue weighted by Gasteiger charge is -2.38. The van der Waals surface area contributed by atoms with E-state index in [0.717, 1.165) is 13.1 Å². The van der Waals surface area contributed by atoms with Gasteiger partial charge in [0.25, 0.3) is 0 Å². The molecular formula is C16H24F2N2O2. The fourth-order valence-electron chi connectivity index (χ4n) is 2.63. The van der Waals surface area contributed by atoms with Gasteiger partial charge in [-0.15, -0.1) is 0 Å². The summed E-state index contributed by atoms with van der Waals surface area (Å²) in [5.74, 6) is -0.965. The van der Waals surface area contributed by atoms with E-state index in [4.69, 9.17) is 9.47 Å². The molecule has 0 N–H and O–H groups in total. The second-order valence-corrected chi connectivity index (χ2v) is 5.69. The molecular weight excluding hydrogens is 290 g/mol. The Morgan fingerprint density at radius 2 is 1.64 bits per heavy atom. The van der Waals surface area contributed by atoms with Crippen LogP contribution in [0.25, 0.3) is 0 Å². The summed E-state index contributed by atoms with van der Waals surface area (Å²) in [7, 11) is 1.55. The second-order valence-electron chi connectivity index (χ2n) is 5.69. The molecule has 6 heteroatoms. The van der Waals surface area contributed by atoms with Crippen molar-refractivity contribution >= 4 is 5.69 Å². The Balaban J connectivity index is 2.05. The van der Waals surface area contributed by atoms with E-state index in [-0.39, 0.29) is 18.0 Å². The lowest BCUT2D eigenvalue weighted by molar-refractivity contribution is 0.146. The predicted molar refractivity (Wildman–Crippen MR) is 82.7 cm³/mol. The molecule has 124 valence electrons. The molecule has 4 nitrogen and oxygen atoms in total. The predicted octanol–water partition coefficient (Wildman–Crippen LogP) is 2.52. The van der Waals surface area contributed by atoms with Gasteiger partial charge in [0.1, 0.15) is 18.0 Å². The van der Waals surface area contributed by atoms with Gasteiger partial charge in [-0.1, -0.05) is 0 Å². The first kappa shape index (κ1) is 17.0. The van der Waals surface area contributed by atoms with Crippen molar-refractivity contribution in [3.05, 3.63) is 23.8 Å². The highest BCUT2D eigenvalue weighted by Crippen LogP contribution is 2.29. The molecule has 0 amide bonds. The van der Waals surface area contributed by atoms with E-state index in [1.165, 1.54) is 12.1 Å². The van der Waals surface area contributed by atoms with Crippen molar-refractivity contribution in [3.8, 4) is 5.75 Å². The summed E-state index contributed by atoms with van der Waals surface area (Å²) in [5.41, 5.74) is 0.0440. The van der Waals surface area contributed by atoms with E-state index in [1.54, 1.807) is 12.0 Å². The molecule has 1 aliphatic rings. The monoisotopic (exact) mass is 314 g/mol. The van der Waals surface area contributed by atoms with Crippen molar-refractivity contribution in [2.24, 2.45) is 0 Å². The van der Waals surface area contributed by atoms with Crippen LogP contribution in [0.4, 0.5) is 14.5 Å². The first-order valence-electron chi connectivity index (χ1n) is 7.62. The van der Waals surface area contributed by atoms with Crippen LogP contribution in [0.1, 0.15) is 13.8 Å². The van der Waals surface area contributed by atoms with E-state index in [2.05, 4.69) is 18.7 Å². The van der Waals surface area contributed by atoms with Crippen molar-refractivity contribution in [3.63, 3.8) is 0 Å². The summed E-state index contributed by atoms with van der Waals surface area (Å²) in [5, 5.41) is 0. The zero-order valence-electron chi connectivity index (χ0n) is 13.4. The molecule has 2 rings (SSSR count). The van der Waals surface area contributed by atoms with Gasteiger partial charge in [-0.25, -0.2) is 8.78 Å². The maximum atomic E-state index is 14.3. The lowest BCUT2D eigenvalue weighted by atomic mass is 10.2. The van der Waals surface area contributed by atoms with Gasteiger partial charge in [0.2, 0.25) is 0 Å². The highest BCUT2D eigenvalue weighted by Gasteiger charge is 2.24. The molecule has 1 fully saturated rings. The normalized spacial score (nSPS) is 16.4. The van der Waals surface area contributed by atoms with Crippen molar-refractivity contribution in [1.29, 1.82) is 0 Å². The Morgan fingerprint density at radius 3 is 2.14 bits per heavy atom.